The third-order valence-electron chi connectivity index (χ3n) is 6.71. The van der Waals surface area contributed by atoms with Gasteiger partial charge in [0.25, 0.3) is 0 Å². The number of halogens is 1. The molecule has 1 saturated heterocycles. The fourth-order valence-electron chi connectivity index (χ4n) is 5.00. The van der Waals surface area contributed by atoms with Gasteiger partial charge >= 0.3 is 5.97 Å². The maximum absolute atomic E-state index is 14.0. The molecule has 0 amide bonds. The topological polar surface area (TPSA) is 67.8 Å². The van der Waals surface area contributed by atoms with Gasteiger partial charge in [0.2, 0.25) is 0 Å². The largest absolute Gasteiger partial charge is 0.496 e. The van der Waals surface area contributed by atoms with Crippen LogP contribution in [0.1, 0.15) is 46.0 Å². The Morgan fingerprint density at radius 1 is 1.15 bits per heavy atom. The molecule has 0 saturated carbocycles. The van der Waals surface area contributed by atoms with Crippen molar-refractivity contribution >= 4 is 16.9 Å². The molecule has 0 unspecified atom stereocenters. The summed E-state index contributed by atoms with van der Waals surface area (Å²) in [4.78, 5) is 13.9. The number of likely N-dealkylation sites (tertiary alicyclic amines) is 1. The molecule has 0 atom stereocenters. The van der Waals surface area contributed by atoms with E-state index >= 15 is 0 Å². The second-order valence-corrected chi connectivity index (χ2v) is 8.84. The maximum Gasteiger partial charge on any atom is 0.339 e. The van der Waals surface area contributed by atoms with Crippen molar-refractivity contribution in [2.75, 3.05) is 20.2 Å². The van der Waals surface area contributed by atoms with Gasteiger partial charge in [-0.15, -0.1) is 0 Å². The van der Waals surface area contributed by atoms with Crippen molar-refractivity contribution in [1.82, 2.24) is 9.47 Å². The molecule has 5 rings (SSSR count). The lowest BCUT2D eigenvalue weighted by Crippen LogP contribution is -2.32. The van der Waals surface area contributed by atoms with Crippen LogP contribution in [-0.4, -0.2) is 40.7 Å². The van der Waals surface area contributed by atoms with Crippen LogP contribution in [0.15, 0.2) is 65.4 Å². The summed E-state index contributed by atoms with van der Waals surface area (Å²) in [5.41, 5.74) is 3.28. The van der Waals surface area contributed by atoms with Gasteiger partial charge in [0.05, 0.1) is 25.4 Å². The molecule has 1 fully saturated rings. The number of fused-ring (bicyclic) bond motifs is 1. The zero-order chi connectivity index (χ0) is 23.7. The molecule has 0 bridgehead atoms. The van der Waals surface area contributed by atoms with Gasteiger partial charge in [-0.25, -0.2) is 9.18 Å². The first kappa shape index (κ1) is 22.2. The second kappa shape index (κ2) is 9.35. The van der Waals surface area contributed by atoms with E-state index in [1.807, 2.05) is 24.3 Å². The van der Waals surface area contributed by atoms with E-state index in [4.69, 9.17) is 9.15 Å². The van der Waals surface area contributed by atoms with Gasteiger partial charge in [-0.05, 0) is 85.4 Å². The van der Waals surface area contributed by atoms with Gasteiger partial charge in [0, 0.05) is 18.1 Å². The fourth-order valence-corrected chi connectivity index (χ4v) is 5.00. The number of benzene rings is 2. The van der Waals surface area contributed by atoms with Crippen LogP contribution in [0.2, 0.25) is 0 Å². The molecule has 176 valence electrons. The van der Waals surface area contributed by atoms with E-state index in [1.54, 1.807) is 24.5 Å². The van der Waals surface area contributed by atoms with E-state index in [-0.39, 0.29) is 11.4 Å². The van der Waals surface area contributed by atoms with Crippen LogP contribution in [0.3, 0.4) is 0 Å². The van der Waals surface area contributed by atoms with E-state index < -0.39 is 5.97 Å². The Hall–Kier alpha value is -3.58. The number of hydrogen-bond donors (Lipinski definition) is 1. The van der Waals surface area contributed by atoms with E-state index in [0.717, 1.165) is 48.2 Å². The Kier molecular flexibility index (Phi) is 6.11. The molecule has 1 N–H and O–H groups in total. The number of piperidine rings is 1. The zero-order valence-electron chi connectivity index (χ0n) is 19.0. The predicted molar refractivity (Wildman–Crippen MR) is 127 cm³/mol. The van der Waals surface area contributed by atoms with Crippen molar-refractivity contribution in [3.63, 3.8) is 0 Å². The van der Waals surface area contributed by atoms with E-state index in [1.165, 1.54) is 18.7 Å². The minimum Gasteiger partial charge on any atom is -0.496 e. The van der Waals surface area contributed by atoms with Crippen LogP contribution in [0.5, 0.6) is 5.75 Å². The van der Waals surface area contributed by atoms with Crippen molar-refractivity contribution in [2.45, 2.75) is 31.8 Å². The monoisotopic (exact) mass is 462 g/mol. The normalized spacial score (nSPS) is 15.1. The summed E-state index contributed by atoms with van der Waals surface area (Å²) in [6, 6.07) is 14.1. The Balaban J connectivity index is 1.32. The summed E-state index contributed by atoms with van der Waals surface area (Å²) in [6.07, 6.45) is 5.77. The van der Waals surface area contributed by atoms with Crippen molar-refractivity contribution in [2.24, 2.45) is 0 Å². The number of carboxylic acids is 1. The number of carbonyl (C=O) groups is 1. The number of carboxylic acid groups (broad SMARTS) is 1. The van der Waals surface area contributed by atoms with E-state index in [0.29, 0.717) is 24.8 Å². The Bertz CT molecular complexity index is 1300. The molecule has 2 aromatic carbocycles. The van der Waals surface area contributed by atoms with Crippen molar-refractivity contribution < 1.29 is 23.4 Å². The smallest absolute Gasteiger partial charge is 0.339 e. The molecule has 1 aliphatic heterocycles. The van der Waals surface area contributed by atoms with Crippen molar-refractivity contribution in [3.8, 4) is 5.75 Å². The Labute approximate surface area is 197 Å². The first-order chi connectivity index (χ1) is 16.5. The first-order valence-electron chi connectivity index (χ1n) is 11.4. The molecule has 0 aliphatic carbocycles. The minimum atomic E-state index is -0.986. The Morgan fingerprint density at radius 2 is 1.97 bits per heavy atom. The molecule has 1 aliphatic rings. The molecule has 6 nitrogen and oxygen atoms in total. The van der Waals surface area contributed by atoms with Crippen LogP contribution in [0, 0.1) is 5.82 Å². The SMILES string of the molecule is COc1ccc(CN2CCC(c3cn(Cc4ccco4)c4cc(F)ccc34)CC2)cc1C(=O)O. The van der Waals surface area contributed by atoms with Crippen LogP contribution < -0.4 is 4.74 Å². The lowest BCUT2D eigenvalue weighted by molar-refractivity contribution is 0.0693. The maximum atomic E-state index is 14.0. The van der Waals surface area contributed by atoms with Gasteiger partial charge in [0.1, 0.15) is 22.9 Å². The van der Waals surface area contributed by atoms with Crippen LogP contribution in [-0.2, 0) is 13.1 Å². The zero-order valence-corrected chi connectivity index (χ0v) is 19.0. The molecule has 34 heavy (non-hydrogen) atoms. The lowest BCUT2D eigenvalue weighted by Gasteiger charge is -2.32. The van der Waals surface area contributed by atoms with Crippen LogP contribution in [0.4, 0.5) is 4.39 Å². The lowest BCUT2D eigenvalue weighted by atomic mass is 9.89. The molecule has 2 aromatic heterocycles. The summed E-state index contributed by atoms with van der Waals surface area (Å²) in [7, 11) is 1.48. The quantitative estimate of drug-likeness (QED) is 0.392. The predicted octanol–water partition coefficient (Wildman–Crippen LogP) is 5.51. The van der Waals surface area contributed by atoms with Crippen molar-refractivity contribution in [3.05, 3.63) is 89.3 Å². The number of hydrogen-bond acceptors (Lipinski definition) is 4. The van der Waals surface area contributed by atoms with Gasteiger partial charge in [-0.2, -0.15) is 0 Å². The fraction of sp³-hybridized carbons (Fsp3) is 0.296. The molecular weight excluding hydrogens is 435 g/mol. The summed E-state index contributed by atoms with van der Waals surface area (Å²) in [6.45, 7) is 3.08. The molecule has 4 aromatic rings. The number of methoxy groups -OCH3 is 1. The summed E-state index contributed by atoms with van der Waals surface area (Å²) in [5, 5.41) is 10.5. The third-order valence-corrected chi connectivity index (χ3v) is 6.71. The van der Waals surface area contributed by atoms with Crippen LogP contribution >= 0.6 is 0 Å². The van der Waals surface area contributed by atoms with Crippen LogP contribution in [0.25, 0.3) is 10.9 Å². The highest BCUT2D eigenvalue weighted by Crippen LogP contribution is 2.35. The van der Waals surface area contributed by atoms with E-state index in [2.05, 4.69) is 15.7 Å². The molecule has 3 heterocycles. The number of rotatable bonds is 7. The summed E-state index contributed by atoms with van der Waals surface area (Å²) in [5.74, 6) is 0.361. The average Bonchev–Trinajstić information content (AvgIpc) is 3.48. The standard InChI is InChI=1S/C27H27FN2O4/c1-33-26-7-4-18(13-23(26)27(31)32)15-29-10-8-19(9-11-29)24-17-30(16-21-3-2-12-34-21)25-14-20(28)5-6-22(24)25/h2-7,12-14,17,19H,8-11,15-16H2,1H3,(H,31,32). The summed E-state index contributed by atoms with van der Waals surface area (Å²) < 4.78 is 26.8. The number of ether oxygens (including phenoxy) is 1. The average molecular weight is 463 g/mol. The summed E-state index contributed by atoms with van der Waals surface area (Å²) >= 11 is 0. The highest BCUT2D eigenvalue weighted by atomic mass is 19.1. The van der Waals surface area contributed by atoms with Gasteiger partial charge in [-0.1, -0.05) is 6.07 Å². The van der Waals surface area contributed by atoms with Gasteiger partial charge < -0.3 is 18.8 Å². The molecule has 0 radical (unpaired) electrons. The molecule has 0 spiro atoms. The number of nitrogens with zero attached hydrogens (tertiary/aromatic N) is 2. The van der Waals surface area contributed by atoms with Crippen molar-refractivity contribution in [1.29, 1.82) is 0 Å². The minimum absolute atomic E-state index is 0.187. The highest BCUT2D eigenvalue weighted by Gasteiger charge is 2.25. The number of furan rings is 1. The van der Waals surface area contributed by atoms with E-state index in [9.17, 15) is 14.3 Å². The molecular formula is C27H27FN2O4. The number of aromatic carboxylic acids is 1. The third kappa shape index (κ3) is 4.43. The van der Waals surface area contributed by atoms with Gasteiger partial charge in [-0.3, -0.25) is 4.90 Å². The molecule has 7 heteroatoms. The highest BCUT2D eigenvalue weighted by molar-refractivity contribution is 5.91. The van der Waals surface area contributed by atoms with Gasteiger partial charge in [0.15, 0.2) is 0 Å². The Morgan fingerprint density at radius 3 is 2.68 bits per heavy atom. The second-order valence-electron chi connectivity index (χ2n) is 8.84. The first-order valence-corrected chi connectivity index (χ1v) is 11.4. The number of aromatic nitrogens is 1.